The van der Waals surface area contributed by atoms with Crippen molar-refractivity contribution in [2.75, 3.05) is 6.54 Å². The molecule has 0 saturated heterocycles. The lowest BCUT2D eigenvalue weighted by molar-refractivity contribution is 0.730. The molecule has 0 aromatic heterocycles. The maximum Gasteiger partial charge on any atom is -0.0106 e. The molecule has 0 aromatic rings. The predicted molar refractivity (Wildman–Crippen MR) is 47.4 cm³/mol. The Labute approximate surface area is 64.1 Å². The average Bonchev–Trinajstić information content (AvgIpc) is 1.93. The molecule has 1 rings (SSSR count). The highest BCUT2D eigenvalue weighted by Crippen LogP contribution is 2.07. The maximum absolute atomic E-state index is 4.85. The number of nitrogens with two attached hydrogens (primary N) is 1. The lowest BCUT2D eigenvalue weighted by Gasteiger charge is -1.97. The van der Waals surface area contributed by atoms with Crippen LogP contribution in [-0.4, -0.2) is 6.54 Å². The van der Waals surface area contributed by atoms with E-state index < -0.39 is 0 Å². The zero-order chi connectivity index (χ0) is 6.95. The van der Waals surface area contributed by atoms with Crippen LogP contribution in [0.15, 0.2) is 12.2 Å². The Morgan fingerprint density at radius 2 is 1.50 bits per heavy atom. The van der Waals surface area contributed by atoms with Crippen molar-refractivity contribution in [3.63, 3.8) is 0 Å². The van der Waals surface area contributed by atoms with Gasteiger partial charge in [0.05, 0.1) is 0 Å². The van der Waals surface area contributed by atoms with E-state index in [2.05, 4.69) is 12.2 Å². The smallest absolute Gasteiger partial charge is 0.0106 e. The highest BCUT2D eigenvalue weighted by Gasteiger charge is 1.87. The summed E-state index contributed by atoms with van der Waals surface area (Å²) in [5.41, 5.74) is 4.85. The van der Waals surface area contributed by atoms with Crippen molar-refractivity contribution in [1.29, 1.82) is 0 Å². The van der Waals surface area contributed by atoms with Crippen LogP contribution in [0.1, 0.15) is 32.6 Å². The summed E-state index contributed by atoms with van der Waals surface area (Å²) in [6.07, 6.45) is 10.0. The minimum atomic E-state index is 0. The highest BCUT2D eigenvalue weighted by molar-refractivity contribution is 4.85. The number of hydrogen-bond acceptors (Lipinski definition) is 2. The van der Waals surface area contributed by atoms with Crippen LogP contribution in [0, 0.1) is 0 Å². The van der Waals surface area contributed by atoms with E-state index in [1.165, 1.54) is 25.7 Å². The highest BCUT2D eigenvalue weighted by atomic mass is 14.5. The van der Waals surface area contributed by atoms with Gasteiger partial charge in [-0.05, 0) is 32.2 Å². The van der Waals surface area contributed by atoms with E-state index in [4.69, 9.17) is 5.73 Å². The number of allylic oxidation sites excluding steroid dienone is 2. The largest absolute Gasteiger partial charge is 0.344 e. The molecule has 5 N–H and O–H groups in total. The van der Waals surface area contributed by atoms with Gasteiger partial charge in [-0.1, -0.05) is 19.1 Å². The van der Waals surface area contributed by atoms with Crippen molar-refractivity contribution in [2.45, 2.75) is 32.6 Å². The van der Waals surface area contributed by atoms with E-state index in [1.807, 2.05) is 6.92 Å². The van der Waals surface area contributed by atoms with Gasteiger partial charge in [0.2, 0.25) is 0 Å². The quantitative estimate of drug-likeness (QED) is 0.512. The molecule has 1 aliphatic carbocycles. The molecule has 0 spiro atoms. The number of hydrogen-bond donors (Lipinski definition) is 2. The van der Waals surface area contributed by atoms with Gasteiger partial charge < -0.3 is 11.9 Å². The molecule has 0 aliphatic heterocycles. The molecule has 0 heterocycles. The molecule has 0 saturated carbocycles. The van der Waals surface area contributed by atoms with Crippen LogP contribution in [0.25, 0.3) is 0 Å². The Kier molecular flexibility index (Phi) is 14.1. The second-order valence-corrected chi connectivity index (χ2v) is 2.16. The van der Waals surface area contributed by atoms with Gasteiger partial charge in [0.1, 0.15) is 0 Å². The molecule has 0 bridgehead atoms. The summed E-state index contributed by atoms with van der Waals surface area (Å²) < 4.78 is 0. The first-order chi connectivity index (χ1) is 4.41. The first-order valence-corrected chi connectivity index (χ1v) is 3.77. The SMILES string of the molecule is C1=CCCCC1.CCN.N. The topological polar surface area (TPSA) is 61.0 Å². The average molecular weight is 144 g/mol. The summed E-state index contributed by atoms with van der Waals surface area (Å²) in [7, 11) is 0. The monoisotopic (exact) mass is 144 g/mol. The summed E-state index contributed by atoms with van der Waals surface area (Å²) in [4.78, 5) is 0. The molecule has 0 unspecified atom stereocenters. The standard InChI is InChI=1S/C6H10.C2H7N.H3N/c1-2-4-6-5-3-1;1-2-3;/h1-2H,3-6H2;2-3H2,1H3;1H3. The van der Waals surface area contributed by atoms with Crippen LogP contribution >= 0.6 is 0 Å². The minimum absolute atomic E-state index is 0. The fourth-order valence-corrected chi connectivity index (χ4v) is 0.760. The summed E-state index contributed by atoms with van der Waals surface area (Å²) in [6, 6.07) is 0. The molecule has 0 fully saturated rings. The molecular formula is C8H20N2. The lowest BCUT2D eigenvalue weighted by Crippen LogP contribution is -1.87. The molecule has 0 atom stereocenters. The first kappa shape index (κ1) is 12.3. The molecule has 2 heteroatoms. The fraction of sp³-hybridized carbons (Fsp3) is 0.750. The van der Waals surface area contributed by atoms with Crippen LogP contribution < -0.4 is 11.9 Å². The molecular weight excluding hydrogens is 124 g/mol. The third-order valence-corrected chi connectivity index (χ3v) is 1.16. The minimum Gasteiger partial charge on any atom is -0.344 e. The van der Waals surface area contributed by atoms with E-state index in [1.54, 1.807) is 0 Å². The lowest BCUT2D eigenvalue weighted by atomic mass is 10.1. The van der Waals surface area contributed by atoms with Crippen molar-refractivity contribution >= 4 is 0 Å². The second kappa shape index (κ2) is 11.5. The summed E-state index contributed by atoms with van der Waals surface area (Å²) in [5, 5.41) is 0. The molecule has 0 aromatic carbocycles. The van der Waals surface area contributed by atoms with Crippen LogP contribution in [0.4, 0.5) is 0 Å². The normalized spacial score (nSPS) is 14.6. The van der Waals surface area contributed by atoms with Crippen LogP contribution in [0.2, 0.25) is 0 Å². The van der Waals surface area contributed by atoms with Gasteiger partial charge in [0.15, 0.2) is 0 Å². The molecule has 62 valence electrons. The van der Waals surface area contributed by atoms with Gasteiger partial charge in [0, 0.05) is 0 Å². The van der Waals surface area contributed by atoms with Gasteiger partial charge in [0.25, 0.3) is 0 Å². The van der Waals surface area contributed by atoms with Crippen molar-refractivity contribution < 1.29 is 0 Å². The summed E-state index contributed by atoms with van der Waals surface area (Å²) in [5.74, 6) is 0. The predicted octanol–water partition coefficient (Wildman–Crippen LogP) is 2.24. The molecule has 10 heavy (non-hydrogen) atoms. The summed E-state index contributed by atoms with van der Waals surface area (Å²) >= 11 is 0. The molecule has 2 nitrogen and oxygen atoms in total. The second-order valence-electron chi connectivity index (χ2n) is 2.16. The Hall–Kier alpha value is -0.340. The van der Waals surface area contributed by atoms with E-state index >= 15 is 0 Å². The Balaban J connectivity index is 0. The zero-order valence-electron chi connectivity index (χ0n) is 6.97. The van der Waals surface area contributed by atoms with E-state index in [9.17, 15) is 0 Å². The van der Waals surface area contributed by atoms with Gasteiger partial charge in [-0.3, -0.25) is 0 Å². The Morgan fingerprint density at radius 3 is 1.60 bits per heavy atom. The fourth-order valence-electron chi connectivity index (χ4n) is 0.760. The van der Waals surface area contributed by atoms with Gasteiger partial charge in [-0.2, -0.15) is 0 Å². The summed E-state index contributed by atoms with van der Waals surface area (Å²) in [6.45, 7) is 2.65. The third kappa shape index (κ3) is 10.6. The maximum atomic E-state index is 4.85. The third-order valence-electron chi connectivity index (χ3n) is 1.16. The van der Waals surface area contributed by atoms with E-state index in [0.717, 1.165) is 6.54 Å². The van der Waals surface area contributed by atoms with Crippen LogP contribution in [-0.2, 0) is 0 Å². The van der Waals surface area contributed by atoms with E-state index in [-0.39, 0.29) is 6.15 Å². The Morgan fingerprint density at radius 1 is 1.20 bits per heavy atom. The van der Waals surface area contributed by atoms with Crippen molar-refractivity contribution in [2.24, 2.45) is 5.73 Å². The molecule has 0 radical (unpaired) electrons. The number of rotatable bonds is 0. The zero-order valence-corrected chi connectivity index (χ0v) is 6.97. The van der Waals surface area contributed by atoms with Crippen LogP contribution in [0.5, 0.6) is 0 Å². The van der Waals surface area contributed by atoms with Crippen LogP contribution in [0.3, 0.4) is 0 Å². The van der Waals surface area contributed by atoms with Crippen molar-refractivity contribution in [3.05, 3.63) is 12.2 Å². The first-order valence-electron chi connectivity index (χ1n) is 3.77. The molecule has 0 amide bonds. The van der Waals surface area contributed by atoms with E-state index in [0.29, 0.717) is 0 Å². The van der Waals surface area contributed by atoms with Gasteiger partial charge >= 0.3 is 0 Å². The van der Waals surface area contributed by atoms with Crippen molar-refractivity contribution in [3.8, 4) is 0 Å². The van der Waals surface area contributed by atoms with Gasteiger partial charge in [-0.15, -0.1) is 0 Å². The van der Waals surface area contributed by atoms with Crippen molar-refractivity contribution in [1.82, 2.24) is 6.15 Å². The molecule has 1 aliphatic rings. The van der Waals surface area contributed by atoms with Gasteiger partial charge in [-0.25, -0.2) is 0 Å². The Bertz CT molecular complexity index is 61.7.